The zero-order chi connectivity index (χ0) is 59.2. The molecule has 0 aromatic heterocycles. The first-order chi connectivity index (χ1) is 40.5. The van der Waals surface area contributed by atoms with Crippen LogP contribution in [0.15, 0.2) is 0 Å². The number of ether oxygens (including phenoxy) is 3. The first-order valence-electron chi connectivity index (χ1n) is 38.0. The Hall–Kier alpha value is -1.59. The Labute approximate surface area is 514 Å². The highest BCUT2D eigenvalue weighted by Crippen LogP contribution is 2.20. The monoisotopic (exact) mass is 1160 g/mol. The second-order valence-corrected chi connectivity index (χ2v) is 26.3. The lowest BCUT2D eigenvalue weighted by Crippen LogP contribution is -2.30. The van der Waals surface area contributed by atoms with Gasteiger partial charge in [0.1, 0.15) is 13.2 Å². The summed E-state index contributed by atoms with van der Waals surface area (Å²) in [6.07, 6.45) is 86.4. The third-order valence-corrected chi connectivity index (χ3v) is 17.9. The maximum Gasteiger partial charge on any atom is 0.306 e. The third-order valence-electron chi connectivity index (χ3n) is 17.9. The number of esters is 3. The van der Waals surface area contributed by atoms with E-state index in [0.29, 0.717) is 19.3 Å². The van der Waals surface area contributed by atoms with E-state index in [4.69, 9.17) is 14.2 Å². The van der Waals surface area contributed by atoms with Gasteiger partial charge in [0.2, 0.25) is 0 Å². The molecule has 1 atom stereocenters. The van der Waals surface area contributed by atoms with Gasteiger partial charge in [0.25, 0.3) is 0 Å². The van der Waals surface area contributed by atoms with Crippen molar-refractivity contribution in [1.82, 2.24) is 0 Å². The molecule has 0 aliphatic rings. The molecule has 0 bridgehead atoms. The van der Waals surface area contributed by atoms with Crippen molar-refractivity contribution in [3.8, 4) is 0 Å². The number of carbonyl (C=O) groups excluding carboxylic acids is 3. The van der Waals surface area contributed by atoms with Crippen molar-refractivity contribution < 1.29 is 28.6 Å². The maximum absolute atomic E-state index is 12.9. The standard InChI is InChI=1S/C76H148O6/c1-4-7-10-13-16-18-20-22-24-26-28-30-32-34-36-38-40-42-44-46-48-50-52-54-56-58-60-63-66-69-75(78)81-72-73(71-80-74(77)68-65-62-15-12-9-6-3)82-76(79)70-67-64-61-59-57-55-53-51-49-47-45-43-41-39-37-35-33-31-29-27-25-23-21-19-17-14-11-8-5-2/h73H,4-72H2,1-3H3. The molecule has 0 spiro atoms. The van der Waals surface area contributed by atoms with E-state index < -0.39 is 6.10 Å². The third kappa shape index (κ3) is 69.2. The molecule has 0 amide bonds. The highest BCUT2D eigenvalue weighted by atomic mass is 16.6. The summed E-state index contributed by atoms with van der Waals surface area (Å²) in [7, 11) is 0. The van der Waals surface area contributed by atoms with Crippen LogP contribution >= 0.6 is 0 Å². The summed E-state index contributed by atoms with van der Waals surface area (Å²) >= 11 is 0. The first kappa shape index (κ1) is 80.4. The van der Waals surface area contributed by atoms with Crippen molar-refractivity contribution in [2.45, 2.75) is 457 Å². The van der Waals surface area contributed by atoms with Gasteiger partial charge in [-0.2, -0.15) is 0 Å². The Balaban J connectivity index is 3.90. The van der Waals surface area contributed by atoms with Crippen LogP contribution in [0.1, 0.15) is 451 Å². The predicted molar refractivity (Wildman–Crippen MR) is 358 cm³/mol. The van der Waals surface area contributed by atoms with Crippen LogP contribution in [0, 0.1) is 0 Å². The number of hydrogen-bond acceptors (Lipinski definition) is 6. The topological polar surface area (TPSA) is 78.9 Å². The van der Waals surface area contributed by atoms with Gasteiger partial charge in [-0.3, -0.25) is 14.4 Å². The number of hydrogen-bond donors (Lipinski definition) is 0. The number of carbonyl (C=O) groups is 3. The minimum absolute atomic E-state index is 0.0615. The quantitative estimate of drug-likeness (QED) is 0.0343. The molecular formula is C76H148O6. The summed E-state index contributed by atoms with van der Waals surface area (Å²) in [5.41, 5.74) is 0. The van der Waals surface area contributed by atoms with Crippen LogP contribution in [-0.2, 0) is 28.6 Å². The molecule has 0 saturated heterocycles. The van der Waals surface area contributed by atoms with Gasteiger partial charge in [-0.25, -0.2) is 0 Å². The summed E-state index contributed by atoms with van der Waals surface area (Å²) in [5.74, 6) is -0.834. The largest absolute Gasteiger partial charge is 0.462 e. The number of rotatable bonds is 72. The van der Waals surface area contributed by atoms with Crippen LogP contribution in [0.3, 0.4) is 0 Å². The molecule has 0 radical (unpaired) electrons. The Bertz CT molecular complexity index is 1240. The molecule has 0 aromatic rings. The molecule has 0 aromatic carbocycles. The lowest BCUT2D eigenvalue weighted by atomic mass is 10.0. The van der Waals surface area contributed by atoms with Gasteiger partial charge in [0.05, 0.1) is 0 Å². The van der Waals surface area contributed by atoms with Crippen LogP contribution in [0.2, 0.25) is 0 Å². The molecule has 82 heavy (non-hydrogen) atoms. The normalized spacial score (nSPS) is 11.9. The van der Waals surface area contributed by atoms with E-state index in [2.05, 4.69) is 20.8 Å². The van der Waals surface area contributed by atoms with Crippen molar-refractivity contribution in [2.24, 2.45) is 0 Å². The molecule has 6 heteroatoms. The highest BCUT2D eigenvalue weighted by Gasteiger charge is 2.20. The van der Waals surface area contributed by atoms with E-state index >= 15 is 0 Å². The van der Waals surface area contributed by atoms with E-state index in [0.717, 1.165) is 57.8 Å². The van der Waals surface area contributed by atoms with Gasteiger partial charge < -0.3 is 14.2 Å². The summed E-state index contributed by atoms with van der Waals surface area (Å²) in [5, 5.41) is 0. The van der Waals surface area contributed by atoms with Crippen LogP contribution in [0.4, 0.5) is 0 Å². The Morgan fingerprint density at radius 1 is 0.195 bits per heavy atom. The minimum atomic E-state index is -0.762. The highest BCUT2D eigenvalue weighted by molar-refractivity contribution is 5.71. The molecule has 0 aliphatic heterocycles. The molecule has 6 nitrogen and oxygen atoms in total. The Kier molecular flexibility index (Phi) is 70.5. The summed E-state index contributed by atoms with van der Waals surface area (Å²) in [6.45, 7) is 6.68. The minimum Gasteiger partial charge on any atom is -0.462 e. The SMILES string of the molecule is CCCCCCCCCCCCCCCCCCCCCCCCCCCCCCCC(=O)OCC(COC(=O)CCCCCCCC)OC(=O)CCCCCCCCCCCCCCCCCCCCCCCCCCCCCCC. The first-order valence-corrected chi connectivity index (χ1v) is 38.0. The fraction of sp³-hybridized carbons (Fsp3) is 0.961. The molecule has 0 heterocycles. The van der Waals surface area contributed by atoms with Crippen molar-refractivity contribution in [2.75, 3.05) is 13.2 Å². The van der Waals surface area contributed by atoms with Crippen molar-refractivity contribution in [1.29, 1.82) is 0 Å². The van der Waals surface area contributed by atoms with Crippen LogP contribution in [0.5, 0.6) is 0 Å². The van der Waals surface area contributed by atoms with E-state index in [1.54, 1.807) is 0 Å². The van der Waals surface area contributed by atoms with Gasteiger partial charge in [-0.05, 0) is 19.3 Å². The molecule has 0 rings (SSSR count). The smallest absolute Gasteiger partial charge is 0.306 e. The molecule has 0 N–H and O–H groups in total. The van der Waals surface area contributed by atoms with E-state index in [1.807, 2.05) is 0 Å². The lowest BCUT2D eigenvalue weighted by Gasteiger charge is -2.18. The fourth-order valence-electron chi connectivity index (χ4n) is 12.2. The number of unbranched alkanes of at least 4 members (excludes halogenated alkanes) is 61. The van der Waals surface area contributed by atoms with Gasteiger partial charge >= 0.3 is 17.9 Å². The molecule has 0 fully saturated rings. The molecule has 0 aliphatic carbocycles. The zero-order valence-electron chi connectivity index (χ0n) is 56.3. The summed E-state index contributed by atoms with van der Waals surface area (Å²) in [4.78, 5) is 38.2. The average molecular weight is 1160 g/mol. The van der Waals surface area contributed by atoms with Crippen molar-refractivity contribution in [3.63, 3.8) is 0 Å². The Morgan fingerprint density at radius 2 is 0.329 bits per heavy atom. The summed E-state index contributed by atoms with van der Waals surface area (Å²) < 4.78 is 16.9. The maximum atomic E-state index is 12.9. The van der Waals surface area contributed by atoms with Crippen LogP contribution in [0.25, 0.3) is 0 Å². The van der Waals surface area contributed by atoms with Crippen LogP contribution < -0.4 is 0 Å². The van der Waals surface area contributed by atoms with Crippen molar-refractivity contribution in [3.05, 3.63) is 0 Å². The van der Waals surface area contributed by atoms with Crippen LogP contribution in [-0.4, -0.2) is 37.2 Å². The molecule has 488 valence electrons. The molecule has 1 unspecified atom stereocenters. The molecular weight excluding hydrogens is 1010 g/mol. The predicted octanol–water partition coefficient (Wildman–Crippen LogP) is 26.2. The zero-order valence-corrected chi connectivity index (χ0v) is 56.3. The van der Waals surface area contributed by atoms with Gasteiger partial charge in [-0.1, -0.05) is 412 Å². The second-order valence-electron chi connectivity index (χ2n) is 26.3. The van der Waals surface area contributed by atoms with Crippen molar-refractivity contribution >= 4 is 17.9 Å². The average Bonchev–Trinajstić information content (AvgIpc) is 3.47. The van der Waals surface area contributed by atoms with Gasteiger partial charge in [0, 0.05) is 19.3 Å². The molecule has 0 saturated carbocycles. The van der Waals surface area contributed by atoms with Gasteiger partial charge in [-0.15, -0.1) is 0 Å². The van der Waals surface area contributed by atoms with E-state index in [-0.39, 0.29) is 31.1 Å². The Morgan fingerprint density at radius 3 is 0.488 bits per heavy atom. The van der Waals surface area contributed by atoms with E-state index in [1.165, 1.54) is 353 Å². The second kappa shape index (κ2) is 71.9. The van der Waals surface area contributed by atoms with E-state index in [9.17, 15) is 14.4 Å². The lowest BCUT2D eigenvalue weighted by molar-refractivity contribution is -0.167. The fourth-order valence-corrected chi connectivity index (χ4v) is 12.2. The van der Waals surface area contributed by atoms with Gasteiger partial charge in [0.15, 0.2) is 6.10 Å². The summed E-state index contributed by atoms with van der Waals surface area (Å²) in [6, 6.07) is 0.